The lowest BCUT2D eigenvalue weighted by Crippen LogP contribution is -2.62. The summed E-state index contributed by atoms with van der Waals surface area (Å²) in [6.07, 6.45) is 0. The van der Waals surface area contributed by atoms with Crippen molar-refractivity contribution in [1.82, 2.24) is 10.2 Å². The van der Waals surface area contributed by atoms with Gasteiger partial charge in [0.15, 0.2) is 6.04 Å². The van der Waals surface area contributed by atoms with Crippen molar-refractivity contribution >= 4 is 12.0 Å². The van der Waals surface area contributed by atoms with Gasteiger partial charge in [-0.3, -0.25) is 0 Å². The van der Waals surface area contributed by atoms with E-state index in [0.29, 0.717) is 13.1 Å². The number of nitrogens with one attached hydrogen (secondary N) is 1. The van der Waals surface area contributed by atoms with E-state index in [1.807, 2.05) is 27.7 Å². The Labute approximate surface area is 112 Å². The molecule has 0 aromatic rings. The molecule has 7 heteroatoms. The maximum atomic E-state index is 12.0. The molecular formula is C12H22N2O5. The van der Waals surface area contributed by atoms with Crippen LogP contribution < -0.4 is 5.32 Å². The van der Waals surface area contributed by atoms with E-state index in [0.717, 1.165) is 0 Å². The molecule has 0 aromatic carbocycles. The number of urea groups is 1. The Balaban J connectivity index is 2.73. The van der Waals surface area contributed by atoms with Crippen molar-refractivity contribution in [3.8, 4) is 0 Å². The smallest absolute Gasteiger partial charge is 0.328 e. The van der Waals surface area contributed by atoms with E-state index >= 15 is 0 Å². The third-order valence-corrected chi connectivity index (χ3v) is 2.76. The lowest BCUT2D eigenvalue weighted by molar-refractivity contribution is -0.170. The number of hydrogen-bond acceptors (Lipinski definition) is 4. The molecule has 1 aliphatic heterocycles. The minimum absolute atomic E-state index is 0.361. The van der Waals surface area contributed by atoms with Crippen molar-refractivity contribution in [2.45, 2.75) is 44.9 Å². The number of carbonyl (C=O) groups is 2. The molecule has 0 aliphatic carbocycles. The van der Waals surface area contributed by atoms with E-state index in [4.69, 9.17) is 14.9 Å². The largest absolute Gasteiger partial charge is 0.480 e. The molecule has 1 fully saturated rings. The second-order valence-electron chi connectivity index (χ2n) is 6.00. The highest BCUT2D eigenvalue weighted by Crippen LogP contribution is 2.27. The summed E-state index contributed by atoms with van der Waals surface area (Å²) in [5.74, 6) is -1.26. The van der Waals surface area contributed by atoms with E-state index in [2.05, 4.69) is 5.32 Å². The summed E-state index contributed by atoms with van der Waals surface area (Å²) in [5.41, 5.74) is -1.01. The molecule has 19 heavy (non-hydrogen) atoms. The molecule has 0 saturated carbocycles. The number of carboxylic acids is 1. The molecule has 3 N–H and O–H groups in total. The highest BCUT2D eigenvalue weighted by Gasteiger charge is 2.40. The van der Waals surface area contributed by atoms with Crippen molar-refractivity contribution in [2.75, 3.05) is 19.7 Å². The van der Waals surface area contributed by atoms with Crippen LogP contribution in [0.4, 0.5) is 4.79 Å². The molecule has 0 spiro atoms. The fraction of sp³-hybridized carbons (Fsp3) is 0.833. The summed E-state index contributed by atoms with van der Waals surface area (Å²) in [7, 11) is 0. The van der Waals surface area contributed by atoms with E-state index < -0.39 is 35.9 Å². The lowest BCUT2D eigenvalue weighted by Gasteiger charge is -2.47. The predicted octanol–water partition coefficient (Wildman–Crippen LogP) is 0.0309. The van der Waals surface area contributed by atoms with Crippen molar-refractivity contribution in [3.05, 3.63) is 0 Å². The number of hydrogen-bond donors (Lipinski definition) is 3. The monoisotopic (exact) mass is 274 g/mol. The quantitative estimate of drug-likeness (QED) is 0.674. The SMILES string of the molecule is CC1(C)CN(C(=O)N[C@@H](CO)C(=O)O)CC(C)(C)O1. The maximum absolute atomic E-state index is 12.0. The van der Waals surface area contributed by atoms with Gasteiger partial charge >= 0.3 is 12.0 Å². The van der Waals surface area contributed by atoms with Crippen LogP contribution in [-0.2, 0) is 9.53 Å². The van der Waals surface area contributed by atoms with E-state index in [1.54, 1.807) is 0 Å². The topological polar surface area (TPSA) is 99.1 Å². The zero-order chi connectivity index (χ0) is 14.8. The van der Waals surface area contributed by atoms with E-state index in [1.165, 1.54) is 4.90 Å². The number of rotatable bonds is 3. The van der Waals surface area contributed by atoms with Crippen molar-refractivity contribution < 1.29 is 24.5 Å². The number of carbonyl (C=O) groups excluding carboxylic acids is 1. The molecular weight excluding hydrogens is 252 g/mol. The number of aliphatic hydroxyl groups is 1. The van der Waals surface area contributed by atoms with Crippen LogP contribution in [0, 0.1) is 0 Å². The van der Waals surface area contributed by atoms with Crippen LogP contribution in [0.2, 0.25) is 0 Å². The number of aliphatic hydroxyl groups excluding tert-OH is 1. The van der Waals surface area contributed by atoms with Crippen molar-refractivity contribution in [2.24, 2.45) is 0 Å². The molecule has 2 amide bonds. The maximum Gasteiger partial charge on any atom is 0.328 e. The van der Waals surface area contributed by atoms with Gasteiger partial charge in [-0.25, -0.2) is 9.59 Å². The van der Waals surface area contributed by atoms with E-state index in [-0.39, 0.29) is 0 Å². The van der Waals surface area contributed by atoms with Gasteiger partial charge in [-0.1, -0.05) is 0 Å². The zero-order valence-electron chi connectivity index (χ0n) is 11.8. The third-order valence-electron chi connectivity index (χ3n) is 2.76. The molecule has 0 aromatic heterocycles. The van der Waals surface area contributed by atoms with Gasteiger partial charge in [0, 0.05) is 0 Å². The standard InChI is InChI=1S/C12H22N2O5/c1-11(2)6-14(7-12(3,4)19-11)10(18)13-8(5-15)9(16)17/h8,15H,5-7H2,1-4H3,(H,13,18)(H,16,17)/t8-/m0/s1. The first-order valence-corrected chi connectivity index (χ1v) is 6.16. The van der Waals surface area contributed by atoms with Crippen LogP contribution in [0.1, 0.15) is 27.7 Å². The Hall–Kier alpha value is -1.34. The van der Waals surface area contributed by atoms with Crippen LogP contribution in [-0.4, -0.2) is 64.1 Å². The third kappa shape index (κ3) is 4.36. The Bertz CT molecular complexity index is 351. The molecule has 1 rings (SSSR count). The number of aliphatic carboxylic acids is 1. The summed E-state index contributed by atoms with van der Waals surface area (Å²) in [5, 5.41) is 20.0. The Morgan fingerprint density at radius 1 is 1.26 bits per heavy atom. The van der Waals surface area contributed by atoms with Crippen LogP contribution in [0.15, 0.2) is 0 Å². The summed E-state index contributed by atoms with van der Waals surface area (Å²) >= 11 is 0. The molecule has 1 saturated heterocycles. The molecule has 0 bridgehead atoms. The predicted molar refractivity (Wildman–Crippen MR) is 67.9 cm³/mol. The molecule has 7 nitrogen and oxygen atoms in total. The molecule has 110 valence electrons. The first-order chi connectivity index (χ1) is 8.56. The van der Waals surface area contributed by atoms with Crippen LogP contribution >= 0.6 is 0 Å². The molecule has 0 unspecified atom stereocenters. The minimum Gasteiger partial charge on any atom is -0.480 e. The number of amides is 2. The second-order valence-corrected chi connectivity index (χ2v) is 6.00. The van der Waals surface area contributed by atoms with Gasteiger partial charge in [-0.05, 0) is 27.7 Å². The van der Waals surface area contributed by atoms with Crippen molar-refractivity contribution in [3.63, 3.8) is 0 Å². The Kier molecular flexibility index (Phi) is 4.42. The number of morpholine rings is 1. The minimum atomic E-state index is -1.29. The lowest BCUT2D eigenvalue weighted by atomic mass is 9.99. The van der Waals surface area contributed by atoms with Gasteiger partial charge < -0.3 is 25.2 Å². The average Bonchev–Trinajstić information content (AvgIpc) is 2.20. The highest BCUT2D eigenvalue weighted by atomic mass is 16.5. The highest BCUT2D eigenvalue weighted by molar-refractivity contribution is 5.82. The zero-order valence-corrected chi connectivity index (χ0v) is 11.8. The van der Waals surface area contributed by atoms with Gasteiger partial charge in [-0.2, -0.15) is 0 Å². The molecule has 0 radical (unpaired) electrons. The summed E-state index contributed by atoms with van der Waals surface area (Å²) in [6.45, 7) is 7.56. The van der Waals surface area contributed by atoms with Gasteiger partial charge in [0.2, 0.25) is 0 Å². The summed E-state index contributed by atoms with van der Waals surface area (Å²) in [6, 6.07) is -1.80. The number of carboxylic acid groups (broad SMARTS) is 1. The van der Waals surface area contributed by atoms with Gasteiger partial charge in [0.05, 0.1) is 30.9 Å². The first-order valence-electron chi connectivity index (χ1n) is 6.16. The first kappa shape index (κ1) is 15.7. The van der Waals surface area contributed by atoms with Crippen LogP contribution in [0.3, 0.4) is 0 Å². The Morgan fingerprint density at radius 3 is 2.11 bits per heavy atom. The number of nitrogens with zero attached hydrogens (tertiary/aromatic N) is 1. The van der Waals surface area contributed by atoms with Gasteiger partial charge in [-0.15, -0.1) is 0 Å². The van der Waals surface area contributed by atoms with Crippen molar-refractivity contribution in [1.29, 1.82) is 0 Å². The fourth-order valence-electron chi connectivity index (χ4n) is 2.36. The Morgan fingerprint density at radius 2 is 1.74 bits per heavy atom. The number of ether oxygens (including phenoxy) is 1. The molecule has 1 heterocycles. The van der Waals surface area contributed by atoms with E-state index in [9.17, 15) is 9.59 Å². The van der Waals surface area contributed by atoms with Crippen LogP contribution in [0.5, 0.6) is 0 Å². The molecule has 1 aliphatic rings. The average molecular weight is 274 g/mol. The summed E-state index contributed by atoms with van der Waals surface area (Å²) in [4.78, 5) is 24.3. The normalized spacial score (nSPS) is 22.7. The van der Waals surface area contributed by atoms with Crippen LogP contribution in [0.25, 0.3) is 0 Å². The fourth-order valence-corrected chi connectivity index (χ4v) is 2.36. The summed E-state index contributed by atoms with van der Waals surface area (Å²) < 4.78 is 5.83. The second kappa shape index (κ2) is 5.34. The van der Waals surface area contributed by atoms with Gasteiger partial charge in [0.1, 0.15) is 0 Å². The molecule has 1 atom stereocenters. The van der Waals surface area contributed by atoms with Gasteiger partial charge in [0.25, 0.3) is 0 Å².